The van der Waals surface area contributed by atoms with Crippen LogP contribution in [0, 0.1) is 5.92 Å². The molecule has 1 saturated heterocycles. The minimum absolute atomic E-state index is 0.0692. The van der Waals surface area contributed by atoms with Crippen LogP contribution in [0.2, 0.25) is 0 Å². The van der Waals surface area contributed by atoms with Gasteiger partial charge >= 0.3 is 0 Å². The first-order chi connectivity index (χ1) is 9.31. The summed E-state index contributed by atoms with van der Waals surface area (Å²) in [4.78, 5) is 14.2. The lowest BCUT2D eigenvalue weighted by Crippen LogP contribution is -2.47. The minimum Gasteiger partial charge on any atom is -0.381 e. The average Bonchev–Trinajstić information content (AvgIpc) is 2.35. The molecule has 2 unspecified atom stereocenters. The minimum atomic E-state index is -0.188. The third-order valence-electron chi connectivity index (χ3n) is 3.63. The fourth-order valence-corrected chi connectivity index (χ4v) is 2.61. The fourth-order valence-electron chi connectivity index (χ4n) is 2.61. The van der Waals surface area contributed by atoms with Gasteiger partial charge in [-0.3, -0.25) is 4.79 Å². The summed E-state index contributed by atoms with van der Waals surface area (Å²) in [7, 11) is 2.05. The Bertz CT molecular complexity index is 296. The number of likely N-dealkylation sites (N-methyl/N-ethyl adjacent to an activating group) is 1. The molecule has 1 rings (SSSR count). The van der Waals surface area contributed by atoms with Crippen LogP contribution in [-0.4, -0.2) is 55.7 Å². The molecule has 2 atom stereocenters. The summed E-state index contributed by atoms with van der Waals surface area (Å²) in [5.41, 5.74) is 5.65. The van der Waals surface area contributed by atoms with Gasteiger partial charge in [0.1, 0.15) is 0 Å². The van der Waals surface area contributed by atoms with Gasteiger partial charge in [-0.2, -0.15) is 0 Å². The van der Waals surface area contributed by atoms with Crippen molar-refractivity contribution < 1.29 is 9.53 Å². The second-order valence-electron chi connectivity index (χ2n) is 6.91. The van der Waals surface area contributed by atoms with Crippen molar-refractivity contribution in [2.24, 2.45) is 11.7 Å². The van der Waals surface area contributed by atoms with Gasteiger partial charge in [0.2, 0.25) is 5.91 Å². The summed E-state index contributed by atoms with van der Waals surface area (Å²) in [6.45, 7) is 9.14. The van der Waals surface area contributed by atoms with Crippen LogP contribution in [0.5, 0.6) is 0 Å². The number of rotatable bonds is 6. The second kappa shape index (κ2) is 7.96. The van der Waals surface area contributed by atoms with E-state index in [1.807, 2.05) is 20.8 Å². The van der Waals surface area contributed by atoms with E-state index < -0.39 is 0 Å². The third-order valence-corrected chi connectivity index (χ3v) is 3.63. The Morgan fingerprint density at radius 3 is 2.70 bits per heavy atom. The Hall–Kier alpha value is -0.650. The van der Waals surface area contributed by atoms with Crippen LogP contribution < -0.4 is 11.1 Å². The topological polar surface area (TPSA) is 67.6 Å². The Morgan fingerprint density at radius 1 is 1.50 bits per heavy atom. The summed E-state index contributed by atoms with van der Waals surface area (Å²) in [6.07, 6.45) is 2.80. The van der Waals surface area contributed by atoms with Crippen molar-refractivity contribution in [1.82, 2.24) is 10.2 Å². The van der Waals surface area contributed by atoms with E-state index in [1.54, 1.807) is 0 Å². The molecular formula is C15H31N3O2. The Morgan fingerprint density at radius 2 is 2.20 bits per heavy atom. The molecule has 1 aliphatic rings. The first-order valence-corrected chi connectivity index (χ1v) is 7.61. The standard InChI is InChI=1S/C15H31N3O2/c1-15(2,3)17-14(19)8-13(9-16)18(4)10-12-6-5-7-20-11-12/h12-13H,5-11,16H2,1-4H3,(H,17,19). The normalized spacial score (nSPS) is 21.8. The van der Waals surface area contributed by atoms with Crippen molar-refractivity contribution in [3.8, 4) is 0 Å². The van der Waals surface area contributed by atoms with Gasteiger partial charge in [-0.15, -0.1) is 0 Å². The molecule has 5 heteroatoms. The summed E-state index contributed by atoms with van der Waals surface area (Å²) in [5.74, 6) is 0.633. The molecule has 1 heterocycles. The maximum absolute atomic E-state index is 12.0. The van der Waals surface area contributed by atoms with E-state index in [0.29, 0.717) is 18.9 Å². The first kappa shape index (κ1) is 17.4. The Kier molecular flexibility index (Phi) is 6.92. The van der Waals surface area contributed by atoms with E-state index in [0.717, 1.165) is 26.2 Å². The fraction of sp³-hybridized carbons (Fsp3) is 0.933. The number of hydrogen-bond acceptors (Lipinski definition) is 4. The zero-order valence-electron chi connectivity index (χ0n) is 13.4. The smallest absolute Gasteiger partial charge is 0.222 e. The van der Waals surface area contributed by atoms with Crippen LogP contribution in [0.3, 0.4) is 0 Å². The number of amides is 1. The number of ether oxygens (including phenoxy) is 1. The van der Waals surface area contributed by atoms with Gasteiger partial charge in [-0.25, -0.2) is 0 Å². The zero-order valence-corrected chi connectivity index (χ0v) is 13.4. The molecule has 0 aromatic heterocycles. The van der Waals surface area contributed by atoms with Crippen molar-refractivity contribution in [3.05, 3.63) is 0 Å². The summed E-state index contributed by atoms with van der Waals surface area (Å²) >= 11 is 0. The molecule has 1 aliphatic heterocycles. The molecule has 0 saturated carbocycles. The van der Waals surface area contributed by atoms with Crippen LogP contribution in [0.15, 0.2) is 0 Å². The van der Waals surface area contributed by atoms with Crippen LogP contribution in [0.4, 0.5) is 0 Å². The lowest BCUT2D eigenvalue weighted by atomic mass is 10.0. The molecule has 0 aromatic carbocycles. The maximum atomic E-state index is 12.0. The molecule has 0 aliphatic carbocycles. The van der Waals surface area contributed by atoms with E-state index in [4.69, 9.17) is 10.5 Å². The molecule has 1 amide bonds. The SMILES string of the molecule is CN(CC1CCCOC1)C(CN)CC(=O)NC(C)(C)C. The van der Waals surface area contributed by atoms with Gasteiger partial charge in [0.15, 0.2) is 0 Å². The average molecular weight is 285 g/mol. The quantitative estimate of drug-likeness (QED) is 0.763. The van der Waals surface area contributed by atoms with E-state index in [9.17, 15) is 4.79 Å². The van der Waals surface area contributed by atoms with Crippen molar-refractivity contribution >= 4 is 5.91 Å². The molecule has 118 valence electrons. The highest BCUT2D eigenvalue weighted by atomic mass is 16.5. The van der Waals surface area contributed by atoms with Crippen LogP contribution in [0.25, 0.3) is 0 Å². The van der Waals surface area contributed by atoms with Crippen molar-refractivity contribution in [1.29, 1.82) is 0 Å². The second-order valence-corrected chi connectivity index (χ2v) is 6.91. The molecule has 3 N–H and O–H groups in total. The summed E-state index contributed by atoms with van der Waals surface area (Å²) in [6, 6.07) is 0.0966. The predicted octanol–water partition coefficient (Wildman–Crippen LogP) is 0.977. The van der Waals surface area contributed by atoms with Crippen molar-refractivity contribution in [2.75, 3.05) is 33.4 Å². The van der Waals surface area contributed by atoms with Gasteiger partial charge in [-0.1, -0.05) is 0 Å². The number of hydrogen-bond donors (Lipinski definition) is 2. The van der Waals surface area contributed by atoms with E-state index in [1.165, 1.54) is 6.42 Å². The Balaban J connectivity index is 2.41. The highest BCUT2D eigenvalue weighted by Gasteiger charge is 2.23. The maximum Gasteiger partial charge on any atom is 0.222 e. The van der Waals surface area contributed by atoms with Crippen LogP contribution >= 0.6 is 0 Å². The molecule has 1 fully saturated rings. The van der Waals surface area contributed by atoms with Crippen molar-refractivity contribution in [3.63, 3.8) is 0 Å². The molecule has 20 heavy (non-hydrogen) atoms. The number of nitrogens with two attached hydrogens (primary N) is 1. The molecule has 0 aromatic rings. The summed E-state index contributed by atoms with van der Waals surface area (Å²) < 4.78 is 5.51. The summed E-state index contributed by atoms with van der Waals surface area (Å²) in [5, 5.41) is 3.00. The zero-order chi connectivity index (χ0) is 15.2. The van der Waals surface area contributed by atoms with Gasteiger partial charge in [0.05, 0.1) is 6.61 Å². The van der Waals surface area contributed by atoms with Gasteiger partial charge < -0.3 is 20.7 Å². The third kappa shape index (κ3) is 6.68. The highest BCUT2D eigenvalue weighted by Crippen LogP contribution is 2.16. The van der Waals surface area contributed by atoms with Crippen LogP contribution in [0.1, 0.15) is 40.0 Å². The first-order valence-electron chi connectivity index (χ1n) is 7.61. The number of nitrogens with one attached hydrogen (secondary N) is 1. The van der Waals surface area contributed by atoms with E-state index in [-0.39, 0.29) is 17.5 Å². The lowest BCUT2D eigenvalue weighted by molar-refractivity contribution is -0.123. The highest BCUT2D eigenvalue weighted by molar-refractivity contribution is 5.77. The van der Waals surface area contributed by atoms with Crippen LogP contribution in [-0.2, 0) is 9.53 Å². The van der Waals surface area contributed by atoms with Gasteiger partial charge in [0, 0.05) is 37.7 Å². The predicted molar refractivity (Wildman–Crippen MR) is 81.5 cm³/mol. The monoisotopic (exact) mass is 285 g/mol. The number of nitrogens with zero attached hydrogens (tertiary/aromatic N) is 1. The number of carbonyl (C=O) groups is 1. The van der Waals surface area contributed by atoms with E-state index >= 15 is 0 Å². The largest absolute Gasteiger partial charge is 0.381 e. The van der Waals surface area contributed by atoms with E-state index in [2.05, 4.69) is 17.3 Å². The van der Waals surface area contributed by atoms with Crippen molar-refractivity contribution in [2.45, 2.75) is 51.6 Å². The lowest BCUT2D eigenvalue weighted by Gasteiger charge is -2.32. The molecular weight excluding hydrogens is 254 g/mol. The Labute approximate surface area is 123 Å². The molecule has 0 bridgehead atoms. The molecule has 0 spiro atoms. The van der Waals surface area contributed by atoms with Gasteiger partial charge in [0.25, 0.3) is 0 Å². The number of carbonyl (C=O) groups excluding carboxylic acids is 1. The van der Waals surface area contributed by atoms with Gasteiger partial charge in [-0.05, 0) is 46.6 Å². The molecule has 0 radical (unpaired) electrons. The molecule has 5 nitrogen and oxygen atoms in total.